The maximum absolute atomic E-state index is 4.46. The second kappa shape index (κ2) is 5.45. The van der Waals surface area contributed by atoms with Crippen LogP contribution in [0.5, 0.6) is 0 Å². The van der Waals surface area contributed by atoms with Crippen molar-refractivity contribution < 1.29 is 0 Å². The Morgan fingerprint density at radius 2 is 2.12 bits per heavy atom. The Morgan fingerprint density at radius 3 is 2.65 bits per heavy atom. The van der Waals surface area contributed by atoms with Crippen molar-refractivity contribution in [3.8, 4) is 0 Å². The van der Waals surface area contributed by atoms with Crippen molar-refractivity contribution >= 4 is 5.82 Å². The van der Waals surface area contributed by atoms with Gasteiger partial charge in [-0.25, -0.2) is 4.98 Å². The summed E-state index contributed by atoms with van der Waals surface area (Å²) in [5.41, 5.74) is 1.00. The van der Waals surface area contributed by atoms with Gasteiger partial charge < -0.3 is 10.2 Å². The first-order chi connectivity index (χ1) is 8.15. The van der Waals surface area contributed by atoms with Gasteiger partial charge in [0.05, 0.1) is 18.1 Å². The number of aromatic nitrogens is 2. The summed E-state index contributed by atoms with van der Waals surface area (Å²) in [5.74, 6) is 1.86. The summed E-state index contributed by atoms with van der Waals surface area (Å²) in [6.07, 6.45) is 6.48. The van der Waals surface area contributed by atoms with Gasteiger partial charge >= 0.3 is 0 Å². The van der Waals surface area contributed by atoms with Crippen LogP contribution in [0.1, 0.15) is 32.4 Å². The third kappa shape index (κ3) is 3.97. The van der Waals surface area contributed by atoms with Gasteiger partial charge in [0.2, 0.25) is 0 Å². The maximum atomic E-state index is 4.46. The summed E-state index contributed by atoms with van der Waals surface area (Å²) in [7, 11) is 2.09. The Morgan fingerprint density at radius 1 is 1.35 bits per heavy atom. The van der Waals surface area contributed by atoms with E-state index in [4.69, 9.17) is 0 Å². The number of hydrogen-bond donors (Lipinski definition) is 1. The van der Waals surface area contributed by atoms with Gasteiger partial charge in [-0.1, -0.05) is 13.8 Å². The predicted molar refractivity (Wildman–Crippen MR) is 70.0 cm³/mol. The molecule has 4 nitrogen and oxygen atoms in total. The van der Waals surface area contributed by atoms with Gasteiger partial charge in [0.1, 0.15) is 5.82 Å². The molecule has 94 valence electrons. The third-order valence-electron chi connectivity index (χ3n) is 3.00. The Balaban J connectivity index is 1.87. The molecule has 1 saturated carbocycles. The molecule has 0 radical (unpaired) electrons. The normalized spacial score (nSPS) is 15.3. The number of nitrogens with one attached hydrogen (secondary N) is 1. The summed E-state index contributed by atoms with van der Waals surface area (Å²) in [6, 6.07) is 0.481. The summed E-state index contributed by atoms with van der Waals surface area (Å²) in [5, 5.41) is 3.34. The second-order valence-electron chi connectivity index (χ2n) is 5.23. The van der Waals surface area contributed by atoms with Crippen LogP contribution >= 0.6 is 0 Å². The number of nitrogens with zero attached hydrogens (tertiary/aromatic N) is 3. The standard InChI is InChI=1S/C13H22N4/c1-10(2)14-6-12-7-16-13(8-15-12)17(3)9-11-4-5-11/h7-8,10-11,14H,4-6,9H2,1-3H3. The first-order valence-corrected chi connectivity index (χ1v) is 6.40. The second-order valence-corrected chi connectivity index (χ2v) is 5.23. The van der Waals surface area contributed by atoms with Crippen LogP contribution in [0.4, 0.5) is 5.82 Å². The quantitative estimate of drug-likeness (QED) is 0.815. The lowest BCUT2D eigenvalue weighted by molar-refractivity contribution is 0.580. The third-order valence-corrected chi connectivity index (χ3v) is 3.00. The molecule has 17 heavy (non-hydrogen) atoms. The zero-order chi connectivity index (χ0) is 12.3. The van der Waals surface area contributed by atoms with E-state index in [0.29, 0.717) is 6.04 Å². The van der Waals surface area contributed by atoms with Crippen molar-refractivity contribution in [1.82, 2.24) is 15.3 Å². The average Bonchev–Trinajstić information content (AvgIpc) is 3.11. The molecule has 2 rings (SSSR count). The van der Waals surface area contributed by atoms with E-state index in [1.807, 2.05) is 12.4 Å². The predicted octanol–water partition coefficient (Wildman–Crippen LogP) is 1.82. The van der Waals surface area contributed by atoms with E-state index in [9.17, 15) is 0 Å². The highest BCUT2D eigenvalue weighted by atomic mass is 15.2. The van der Waals surface area contributed by atoms with Crippen LogP contribution in [0.3, 0.4) is 0 Å². The Kier molecular flexibility index (Phi) is 3.94. The molecule has 0 amide bonds. The van der Waals surface area contributed by atoms with Crippen LogP contribution in [-0.4, -0.2) is 29.6 Å². The molecule has 1 aliphatic carbocycles. The minimum Gasteiger partial charge on any atom is -0.358 e. The van der Waals surface area contributed by atoms with E-state index in [0.717, 1.165) is 30.5 Å². The van der Waals surface area contributed by atoms with E-state index in [2.05, 4.69) is 41.1 Å². The number of hydrogen-bond acceptors (Lipinski definition) is 4. The minimum atomic E-state index is 0.481. The maximum Gasteiger partial charge on any atom is 0.146 e. The van der Waals surface area contributed by atoms with Crippen LogP contribution in [0.2, 0.25) is 0 Å². The van der Waals surface area contributed by atoms with Crippen molar-refractivity contribution in [2.45, 2.75) is 39.3 Å². The van der Waals surface area contributed by atoms with Gasteiger partial charge in [0.25, 0.3) is 0 Å². The molecule has 0 atom stereocenters. The molecular weight excluding hydrogens is 212 g/mol. The van der Waals surface area contributed by atoms with E-state index < -0.39 is 0 Å². The summed E-state index contributed by atoms with van der Waals surface area (Å²) in [6.45, 7) is 6.16. The van der Waals surface area contributed by atoms with Crippen LogP contribution in [0.25, 0.3) is 0 Å². The molecule has 0 unspecified atom stereocenters. The van der Waals surface area contributed by atoms with Gasteiger partial charge in [0.15, 0.2) is 0 Å². The zero-order valence-corrected chi connectivity index (χ0v) is 11.0. The van der Waals surface area contributed by atoms with Gasteiger partial charge in [-0.15, -0.1) is 0 Å². The topological polar surface area (TPSA) is 41.1 Å². The molecule has 1 fully saturated rings. The smallest absolute Gasteiger partial charge is 0.146 e. The van der Waals surface area contributed by atoms with Gasteiger partial charge in [-0.3, -0.25) is 4.98 Å². The molecule has 1 aromatic rings. The van der Waals surface area contributed by atoms with Crippen molar-refractivity contribution in [2.24, 2.45) is 5.92 Å². The van der Waals surface area contributed by atoms with E-state index in [1.54, 1.807) is 0 Å². The first kappa shape index (κ1) is 12.3. The lowest BCUT2D eigenvalue weighted by Crippen LogP contribution is -2.24. The Bertz CT molecular complexity index is 343. The van der Waals surface area contributed by atoms with Gasteiger partial charge in [0, 0.05) is 26.2 Å². The molecule has 1 aromatic heterocycles. The fourth-order valence-corrected chi connectivity index (χ4v) is 1.73. The summed E-state index contributed by atoms with van der Waals surface area (Å²) < 4.78 is 0. The summed E-state index contributed by atoms with van der Waals surface area (Å²) >= 11 is 0. The van der Waals surface area contributed by atoms with E-state index in [-0.39, 0.29) is 0 Å². The van der Waals surface area contributed by atoms with Crippen LogP contribution in [-0.2, 0) is 6.54 Å². The Labute approximate surface area is 103 Å². The lowest BCUT2D eigenvalue weighted by Gasteiger charge is -2.17. The van der Waals surface area contributed by atoms with E-state index >= 15 is 0 Å². The highest BCUT2D eigenvalue weighted by Crippen LogP contribution is 2.30. The average molecular weight is 234 g/mol. The molecule has 0 saturated heterocycles. The first-order valence-electron chi connectivity index (χ1n) is 6.40. The SMILES string of the molecule is CC(C)NCc1cnc(N(C)CC2CC2)cn1. The summed E-state index contributed by atoms with van der Waals surface area (Å²) in [4.78, 5) is 11.1. The van der Waals surface area contributed by atoms with Crippen LogP contribution in [0.15, 0.2) is 12.4 Å². The molecule has 1 heterocycles. The fraction of sp³-hybridized carbons (Fsp3) is 0.692. The molecule has 4 heteroatoms. The molecule has 1 N–H and O–H groups in total. The monoisotopic (exact) mass is 234 g/mol. The molecule has 0 spiro atoms. The highest BCUT2D eigenvalue weighted by molar-refractivity contribution is 5.34. The van der Waals surface area contributed by atoms with Crippen LogP contribution < -0.4 is 10.2 Å². The van der Waals surface area contributed by atoms with Crippen molar-refractivity contribution in [3.63, 3.8) is 0 Å². The van der Waals surface area contributed by atoms with Crippen molar-refractivity contribution in [3.05, 3.63) is 18.1 Å². The fourth-order valence-electron chi connectivity index (χ4n) is 1.73. The van der Waals surface area contributed by atoms with Crippen molar-refractivity contribution in [2.75, 3.05) is 18.5 Å². The van der Waals surface area contributed by atoms with Gasteiger partial charge in [-0.05, 0) is 18.8 Å². The molecule has 0 aliphatic heterocycles. The molecular formula is C13H22N4. The largest absolute Gasteiger partial charge is 0.358 e. The lowest BCUT2D eigenvalue weighted by atomic mass is 10.3. The molecule has 0 bridgehead atoms. The highest BCUT2D eigenvalue weighted by Gasteiger charge is 2.23. The number of rotatable bonds is 6. The molecule has 1 aliphatic rings. The molecule has 0 aromatic carbocycles. The Hall–Kier alpha value is -1.16. The van der Waals surface area contributed by atoms with E-state index in [1.165, 1.54) is 12.8 Å². The zero-order valence-electron chi connectivity index (χ0n) is 11.0. The van der Waals surface area contributed by atoms with Crippen molar-refractivity contribution in [1.29, 1.82) is 0 Å². The minimum absolute atomic E-state index is 0.481. The van der Waals surface area contributed by atoms with Crippen LogP contribution in [0, 0.1) is 5.92 Å². The van der Waals surface area contributed by atoms with Gasteiger partial charge in [-0.2, -0.15) is 0 Å². The number of anilines is 1.